The van der Waals surface area contributed by atoms with E-state index in [4.69, 9.17) is 5.11 Å². The van der Waals surface area contributed by atoms with Gasteiger partial charge in [-0.3, -0.25) is 4.68 Å². The lowest BCUT2D eigenvalue weighted by molar-refractivity contribution is 0.0675. The molecule has 0 radical (unpaired) electrons. The van der Waals surface area contributed by atoms with E-state index in [1.54, 1.807) is 17.7 Å². The van der Waals surface area contributed by atoms with Crippen molar-refractivity contribution in [2.45, 2.75) is 33.4 Å². The van der Waals surface area contributed by atoms with Gasteiger partial charge in [-0.1, -0.05) is 5.21 Å². The molecule has 0 aliphatic heterocycles. The van der Waals surface area contributed by atoms with E-state index in [0.717, 1.165) is 10.4 Å². The van der Waals surface area contributed by atoms with E-state index < -0.39 is 23.8 Å². The number of aromatic nitrogens is 5. The van der Waals surface area contributed by atoms with Crippen LogP contribution in [0.25, 0.3) is 0 Å². The molecule has 7 nitrogen and oxygen atoms in total. The van der Waals surface area contributed by atoms with Crippen LogP contribution in [0.2, 0.25) is 0 Å². The molecule has 2 aromatic heterocycles. The maximum Gasteiger partial charge on any atom is 0.358 e. The van der Waals surface area contributed by atoms with E-state index in [1.807, 2.05) is 6.92 Å². The zero-order valence-corrected chi connectivity index (χ0v) is 10.9. The van der Waals surface area contributed by atoms with E-state index >= 15 is 0 Å². The SMILES string of the molecule is CCn1nc(C)cc1Cn1nnc(C(=O)O)c1C(F)F. The van der Waals surface area contributed by atoms with Gasteiger partial charge in [0, 0.05) is 6.54 Å². The first-order valence-corrected chi connectivity index (χ1v) is 5.92. The Morgan fingerprint density at radius 3 is 2.70 bits per heavy atom. The lowest BCUT2D eigenvalue weighted by atomic mass is 10.3. The molecule has 2 aromatic rings. The summed E-state index contributed by atoms with van der Waals surface area (Å²) in [6, 6.07) is 1.74. The second kappa shape index (κ2) is 5.35. The van der Waals surface area contributed by atoms with Crippen LogP contribution in [-0.4, -0.2) is 35.9 Å². The Morgan fingerprint density at radius 2 is 2.15 bits per heavy atom. The minimum absolute atomic E-state index is 0.00532. The maximum atomic E-state index is 13.0. The third kappa shape index (κ3) is 2.51. The number of halogens is 2. The van der Waals surface area contributed by atoms with Crippen molar-refractivity contribution in [3.8, 4) is 0 Å². The number of rotatable bonds is 5. The summed E-state index contributed by atoms with van der Waals surface area (Å²) in [5.41, 5.74) is -0.00829. The van der Waals surface area contributed by atoms with Gasteiger partial charge in [0.25, 0.3) is 6.43 Å². The second-order valence-corrected chi connectivity index (χ2v) is 4.18. The highest BCUT2D eigenvalue weighted by atomic mass is 19.3. The zero-order valence-electron chi connectivity index (χ0n) is 10.9. The van der Waals surface area contributed by atoms with Gasteiger partial charge in [0.1, 0.15) is 5.69 Å². The predicted octanol–water partition coefficient (Wildman–Crippen LogP) is 1.49. The maximum absolute atomic E-state index is 13.0. The first kappa shape index (κ1) is 14.1. The second-order valence-electron chi connectivity index (χ2n) is 4.18. The largest absolute Gasteiger partial charge is 0.476 e. The number of carboxylic acid groups (broad SMARTS) is 1. The molecular formula is C11H13F2N5O2. The number of aromatic carboxylic acids is 1. The Balaban J connectivity index is 2.41. The summed E-state index contributed by atoms with van der Waals surface area (Å²) in [6.45, 7) is 4.23. The number of carbonyl (C=O) groups is 1. The molecule has 2 rings (SSSR count). The van der Waals surface area contributed by atoms with Crippen molar-refractivity contribution in [3.63, 3.8) is 0 Å². The number of carboxylic acids is 1. The molecule has 2 heterocycles. The van der Waals surface area contributed by atoms with E-state index in [9.17, 15) is 13.6 Å². The number of hydrogen-bond acceptors (Lipinski definition) is 4. The molecule has 0 aromatic carbocycles. The highest BCUT2D eigenvalue weighted by molar-refractivity contribution is 5.86. The molecule has 0 fully saturated rings. The van der Waals surface area contributed by atoms with Crippen molar-refractivity contribution < 1.29 is 18.7 Å². The molecule has 0 atom stereocenters. The lowest BCUT2D eigenvalue weighted by Crippen LogP contribution is -2.13. The molecule has 0 spiro atoms. The Kier molecular flexibility index (Phi) is 3.77. The fourth-order valence-corrected chi connectivity index (χ4v) is 1.96. The van der Waals surface area contributed by atoms with Crippen LogP contribution >= 0.6 is 0 Å². The Bertz CT molecular complexity index is 635. The van der Waals surface area contributed by atoms with Gasteiger partial charge >= 0.3 is 5.97 Å². The molecule has 9 heteroatoms. The van der Waals surface area contributed by atoms with Crippen LogP contribution in [0.15, 0.2) is 6.07 Å². The summed E-state index contributed by atoms with van der Waals surface area (Å²) in [5, 5.41) is 19.8. The van der Waals surface area contributed by atoms with E-state index in [2.05, 4.69) is 15.4 Å². The molecule has 0 unspecified atom stereocenters. The molecule has 0 saturated carbocycles. The smallest absolute Gasteiger partial charge is 0.358 e. The van der Waals surface area contributed by atoms with Crippen LogP contribution in [0.5, 0.6) is 0 Å². The molecule has 0 aliphatic carbocycles. The summed E-state index contributed by atoms with van der Waals surface area (Å²) in [6.07, 6.45) is -2.96. The summed E-state index contributed by atoms with van der Waals surface area (Å²) < 4.78 is 28.5. The molecule has 0 amide bonds. The van der Waals surface area contributed by atoms with Crippen LogP contribution in [0.3, 0.4) is 0 Å². The average Bonchev–Trinajstić information content (AvgIpc) is 2.93. The van der Waals surface area contributed by atoms with Gasteiger partial charge in [0.15, 0.2) is 5.69 Å². The summed E-state index contributed by atoms with van der Waals surface area (Å²) in [5.74, 6) is -1.52. The molecule has 0 aliphatic rings. The quantitative estimate of drug-likeness (QED) is 0.899. The molecule has 0 saturated heterocycles. The van der Waals surface area contributed by atoms with Gasteiger partial charge < -0.3 is 5.11 Å². The summed E-state index contributed by atoms with van der Waals surface area (Å²) in [4.78, 5) is 10.9. The van der Waals surface area contributed by atoms with Crippen molar-refractivity contribution >= 4 is 5.97 Å². The highest BCUT2D eigenvalue weighted by Gasteiger charge is 2.26. The van der Waals surface area contributed by atoms with Gasteiger partial charge in [0.05, 0.1) is 17.9 Å². The van der Waals surface area contributed by atoms with Crippen molar-refractivity contribution in [1.29, 1.82) is 0 Å². The molecule has 108 valence electrons. The van der Waals surface area contributed by atoms with Gasteiger partial charge in [0.2, 0.25) is 0 Å². The fourth-order valence-electron chi connectivity index (χ4n) is 1.96. The minimum Gasteiger partial charge on any atom is -0.476 e. The van der Waals surface area contributed by atoms with Crippen LogP contribution in [0.4, 0.5) is 8.78 Å². The number of aryl methyl sites for hydroxylation is 2. The van der Waals surface area contributed by atoms with Crippen molar-refractivity contribution in [2.24, 2.45) is 0 Å². The van der Waals surface area contributed by atoms with Gasteiger partial charge in [-0.25, -0.2) is 18.3 Å². The topological polar surface area (TPSA) is 85.8 Å². The monoisotopic (exact) mass is 285 g/mol. The normalized spacial score (nSPS) is 11.2. The molecule has 20 heavy (non-hydrogen) atoms. The number of hydrogen-bond donors (Lipinski definition) is 1. The van der Waals surface area contributed by atoms with Crippen molar-refractivity contribution in [2.75, 3.05) is 0 Å². The first-order chi connectivity index (χ1) is 9.43. The van der Waals surface area contributed by atoms with Crippen LogP contribution < -0.4 is 0 Å². The van der Waals surface area contributed by atoms with Crippen LogP contribution in [-0.2, 0) is 13.1 Å². The lowest BCUT2D eigenvalue weighted by Gasteiger charge is -2.07. The fraction of sp³-hybridized carbons (Fsp3) is 0.455. The molecular weight excluding hydrogens is 272 g/mol. The van der Waals surface area contributed by atoms with Gasteiger partial charge in [-0.15, -0.1) is 5.10 Å². The standard InChI is InChI=1S/C11H13F2N5O2/c1-3-17-7(4-6(2)15-17)5-18-9(10(12)13)8(11(19)20)14-16-18/h4,10H,3,5H2,1-2H3,(H,19,20). The summed E-state index contributed by atoms with van der Waals surface area (Å²) in [7, 11) is 0. The third-order valence-electron chi connectivity index (χ3n) is 2.78. The Hall–Kier alpha value is -2.32. The van der Waals surface area contributed by atoms with E-state index in [1.165, 1.54) is 0 Å². The molecule has 1 N–H and O–H groups in total. The zero-order chi connectivity index (χ0) is 14.9. The van der Waals surface area contributed by atoms with E-state index in [0.29, 0.717) is 12.2 Å². The van der Waals surface area contributed by atoms with Crippen LogP contribution in [0.1, 0.15) is 40.9 Å². The Morgan fingerprint density at radius 1 is 1.45 bits per heavy atom. The van der Waals surface area contributed by atoms with Gasteiger partial charge in [-0.05, 0) is 19.9 Å². The predicted molar refractivity (Wildman–Crippen MR) is 63.7 cm³/mol. The number of nitrogens with zero attached hydrogens (tertiary/aromatic N) is 5. The summed E-state index contributed by atoms with van der Waals surface area (Å²) >= 11 is 0. The van der Waals surface area contributed by atoms with Crippen molar-refractivity contribution in [3.05, 3.63) is 28.8 Å². The van der Waals surface area contributed by atoms with Gasteiger partial charge in [-0.2, -0.15) is 5.10 Å². The van der Waals surface area contributed by atoms with E-state index in [-0.39, 0.29) is 6.54 Å². The first-order valence-electron chi connectivity index (χ1n) is 5.92. The number of alkyl halides is 2. The third-order valence-corrected chi connectivity index (χ3v) is 2.78. The Labute approximate surface area is 112 Å². The van der Waals surface area contributed by atoms with Crippen molar-refractivity contribution in [1.82, 2.24) is 24.8 Å². The van der Waals surface area contributed by atoms with Crippen LogP contribution in [0, 0.1) is 6.92 Å². The minimum atomic E-state index is -2.96. The molecule has 0 bridgehead atoms. The average molecular weight is 285 g/mol. The highest BCUT2D eigenvalue weighted by Crippen LogP contribution is 2.22.